The largest absolute Gasteiger partial charge is 0.372 e. The molecule has 1 heterocycles. The lowest BCUT2D eigenvalue weighted by Gasteiger charge is -2.37. The van der Waals surface area contributed by atoms with E-state index in [9.17, 15) is 9.59 Å². The van der Waals surface area contributed by atoms with Crippen LogP contribution in [0.2, 0.25) is 10.0 Å². The van der Waals surface area contributed by atoms with Crippen molar-refractivity contribution in [1.82, 2.24) is 0 Å². The van der Waals surface area contributed by atoms with Crippen LogP contribution in [-0.4, -0.2) is 23.8 Å². The molecule has 1 aliphatic rings. The van der Waals surface area contributed by atoms with E-state index in [2.05, 4.69) is 5.32 Å². The van der Waals surface area contributed by atoms with Gasteiger partial charge in [-0.3, -0.25) is 14.5 Å². The summed E-state index contributed by atoms with van der Waals surface area (Å²) in [5.41, 5.74) is 1.29. The van der Waals surface area contributed by atoms with E-state index in [0.717, 1.165) is 0 Å². The Hall–Kier alpha value is -1.26. The predicted octanol–water partition coefficient (Wildman–Crippen LogP) is 3.12. The fraction of sp³-hybridized carbons (Fsp3) is 0.385. The molecule has 2 rings (SSSR count). The molecule has 0 aliphatic carbocycles. The zero-order chi connectivity index (χ0) is 14.3. The van der Waals surface area contributed by atoms with Crippen LogP contribution in [0.5, 0.6) is 0 Å². The number of halogens is 2. The van der Waals surface area contributed by atoms with Gasteiger partial charge >= 0.3 is 0 Å². The number of carbonyl (C=O) groups excluding carboxylic acids is 2. The van der Waals surface area contributed by atoms with Crippen molar-refractivity contribution in [3.8, 4) is 0 Å². The first-order chi connectivity index (χ1) is 8.82. The summed E-state index contributed by atoms with van der Waals surface area (Å²) in [4.78, 5) is 25.3. The van der Waals surface area contributed by atoms with Gasteiger partial charge in [-0.1, -0.05) is 23.2 Å². The quantitative estimate of drug-likeness (QED) is 0.913. The van der Waals surface area contributed by atoms with Gasteiger partial charge in [0, 0.05) is 0 Å². The van der Waals surface area contributed by atoms with Gasteiger partial charge in [-0.05, 0) is 32.9 Å². The van der Waals surface area contributed by atoms with Crippen molar-refractivity contribution in [1.29, 1.82) is 0 Å². The Kier molecular flexibility index (Phi) is 3.74. The fourth-order valence-corrected chi connectivity index (χ4v) is 2.38. The van der Waals surface area contributed by atoms with Crippen LogP contribution in [0, 0.1) is 0 Å². The highest BCUT2D eigenvalue weighted by Crippen LogP contribution is 2.39. The van der Waals surface area contributed by atoms with Crippen LogP contribution in [0.1, 0.15) is 20.8 Å². The number of hydrogen-bond donors (Lipinski definition) is 1. The van der Waals surface area contributed by atoms with Gasteiger partial charge in [0.15, 0.2) is 5.78 Å². The number of nitrogens with zero attached hydrogens (tertiary/aromatic N) is 1. The Morgan fingerprint density at radius 2 is 1.95 bits per heavy atom. The molecule has 1 aromatic rings. The summed E-state index contributed by atoms with van der Waals surface area (Å²) < 4.78 is 0. The van der Waals surface area contributed by atoms with Gasteiger partial charge in [-0.15, -0.1) is 0 Å². The molecular weight excluding hydrogens is 287 g/mol. The number of rotatable bonds is 2. The van der Waals surface area contributed by atoms with Crippen LogP contribution in [-0.2, 0) is 9.59 Å². The smallest absolute Gasteiger partial charge is 0.249 e. The molecule has 0 fully saturated rings. The lowest BCUT2D eigenvalue weighted by molar-refractivity contribution is -0.124. The van der Waals surface area contributed by atoms with Crippen LogP contribution >= 0.6 is 23.2 Å². The maximum Gasteiger partial charge on any atom is 0.249 e. The maximum atomic E-state index is 12.3. The lowest BCUT2D eigenvalue weighted by atomic mass is 10.1. The maximum absolute atomic E-state index is 12.3. The Labute approximate surface area is 121 Å². The standard InChI is InChI=1S/C13H14Cl2N2O2/c1-6-13(19)17(7(2)8(3)18)12-5-10(15)9(14)4-11(12)16-6/h4-7,16H,1-3H3. The summed E-state index contributed by atoms with van der Waals surface area (Å²) in [5, 5.41) is 3.82. The number of ketones is 1. The van der Waals surface area contributed by atoms with E-state index < -0.39 is 12.1 Å². The van der Waals surface area contributed by atoms with E-state index in [1.165, 1.54) is 11.8 Å². The van der Waals surface area contributed by atoms with Gasteiger partial charge < -0.3 is 5.32 Å². The van der Waals surface area contributed by atoms with Crippen LogP contribution in [0.3, 0.4) is 0 Å². The van der Waals surface area contributed by atoms with Crippen molar-refractivity contribution >= 4 is 46.3 Å². The van der Waals surface area contributed by atoms with Crippen molar-refractivity contribution in [2.45, 2.75) is 32.9 Å². The highest BCUT2D eigenvalue weighted by atomic mass is 35.5. The number of carbonyl (C=O) groups is 2. The Balaban J connectivity index is 2.58. The average Bonchev–Trinajstić information content (AvgIpc) is 2.33. The highest BCUT2D eigenvalue weighted by molar-refractivity contribution is 6.42. The first kappa shape index (κ1) is 14.2. The lowest BCUT2D eigenvalue weighted by Crippen LogP contribution is -2.51. The molecule has 0 radical (unpaired) electrons. The second-order valence-electron chi connectivity index (χ2n) is 4.64. The summed E-state index contributed by atoms with van der Waals surface area (Å²) in [6.45, 7) is 4.90. The molecule has 1 N–H and O–H groups in total. The second-order valence-corrected chi connectivity index (χ2v) is 5.46. The van der Waals surface area contributed by atoms with E-state index in [4.69, 9.17) is 23.2 Å². The molecular formula is C13H14Cl2N2O2. The van der Waals surface area contributed by atoms with E-state index >= 15 is 0 Å². The summed E-state index contributed by atoms with van der Waals surface area (Å²) in [5.74, 6) is -0.243. The highest BCUT2D eigenvalue weighted by Gasteiger charge is 2.34. The second kappa shape index (κ2) is 5.02. The summed E-state index contributed by atoms with van der Waals surface area (Å²) in [6, 6.07) is 2.33. The first-order valence-electron chi connectivity index (χ1n) is 5.92. The molecule has 102 valence electrons. The number of amides is 1. The number of benzene rings is 1. The van der Waals surface area contributed by atoms with E-state index in [1.54, 1.807) is 26.0 Å². The number of Topliss-reactive ketones (excluding diaryl/α,β-unsaturated/α-hetero) is 1. The number of hydrogen-bond acceptors (Lipinski definition) is 3. The number of fused-ring (bicyclic) bond motifs is 1. The predicted molar refractivity (Wildman–Crippen MR) is 77.2 cm³/mol. The van der Waals surface area contributed by atoms with Gasteiger partial charge in [-0.25, -0.2) is 0 Å². The summed E-state index contributed by atoms with van der Waals surface area (Å²) in [7, 11) is 0. The molecule has 2 unspecified atom stereocenters. The van der Waals surface area contributed by atoms with E-state index in [1.807, 2.05) is 0 Å². The molecule has 0 spiro atoms. The molecule has 4 nitrogen and oxygen atoms in total. The topological polar surface area (TPSA) is 49.4 Å². The van der Waals surface area contributed by atoms with Crippen molar-refractivity contribution in [2.24, 2.45) is 0 Å². The third-order valence-electron chi connectivity index (χ3n) is 3.25. The van der Waals surface area contributed by atoms with Gasteiger partial charge in [0.1, 0.15) is 6.04 Å². The molecule has 19 heavy (non-hydrogen) atoms. The molecule has 0 saturated heterocycles. The minimum absolute atomic E-state index is 0.0838. The first-order valence-corrected chi connectivity index (χ1v) is 6.67. The van der Waals surface area contributed by atoms with E-state index in [-0.39, 0.29) is 11.7 Å². The molecule has 0 saturated carbocycles. The molecule has 0 bridgehead atoms. The van der Waals surface area contributed by atoms with Crippen LogP contribution in [0.25, 0.3) is 0 Å². The SMILES string of the molecule is CC(=O)C(C)N1C(=O)C(C)Nc2cc(Cl)c(Cl)cc21. The molecule has 6 heteroatoms. The third kappa shape index (κ3) is 2.42. The van der Waals surface area contributed by atoms with Crippen LogP contribution in [0.15, 0.2) is 12.1 Å². The minimum Gasteiger partial charge on any atom is -0.372 e. The molecule has 1 aromatic carbocycles. The zero-order valence-electron chi connectivity index (χ0n) is 10.8. The summed E-state index contributed by atoms with van der Waals surface area (Å²) >= 11 is 12.0. The van der Waals surface area contributed by atoms with Crippen LogP contribution < -0.4 is 10.2 Å². The third-order valence-corrected chi connectivity index (χ3v) is 3.98. The molecule has 0 aromatic heterocycles. The van der Waals surface area contributed by atoms with Gasteiger partial charge in [0.2, 0.25) is 5.91 Å². The number of anilines is 2. The van der Waals surface area contributed by atoms with E-state index in [0.29, 0.717) is 21.4 Å². The van der Waals surface area contributed by atoms with Gasteiger partial charge in [-0.2, -0.15) is 0 Å². The fourth-order valence-electron chi connectivity index (χ4n) is 2.05. The molecule has 1 amide bonds. The Morgan fingerprint density at radius 1 is 1.37 bits per heavy atom. The Bertz CT molecular complexity index is 560. The van der Waals surface area contributed by atoms with Crippen LogP contribution in [0.4, 0.5) is 11.4 Å². The van der Waals surface area contributed by atoms with Crippen molar-refractivity contribution < 1.29 is 9.59 Å². The monoisotopic (exact) mass is 300 g/mol. The Morgan fingerprint density at radius 3 is 2.53 bits per heavy atom. The molecule has 1 aliphatic heterocycles. The average molecular weight is 301 g/mol. The normalized spacial score (nSPS) is 19.7. The van der Waals surface area contributed by atoms with Crippen molar-refractivity contribution in [3.05, 3.63) is 22.2 Å². The summed E-state index contributed by atoms with van der Waals surface area (Å²) in [6.07, 6.45) is 0. The molecule has 2 atom stereocenters. The minimum atomic E-state index is -0.534. The van der Waals surface area contributed by atoms with Crippen molar-refractivity contribution in [2.75, 3.05) is 10.2 Å². The van der Waals surface area contributed by atoms with Gasteiger partial charge in [0.05, 0.1) is 27.5 Å². The number of nitrogens with one attached hydrogen (secondary N) is 1. The van der Waals surface area contributed by atoms with Crippen molar-refractivity contribution in [3.63, 3.8) is 0 Å². The van der Waals surface area contributed by atoms with Gasteiger partial charge in [0.25, 0.3) is 0 Å². The zero-order valence-corrected chi connectivity index (χ0v) is 12.3.